The summed E-state index contributed by atoms with van der Waals surface area (Å²) in [5, 5.41) is 5.51. The topological polar surface area (TPSA) is 95.1 Å². The highest BCUT2D eigenvalue weighted by Gasteiger charge is 2.11. The van der Waals surface area contributed by atoms with Gasteiger partial charge in [-0.3, -0.25) is 9.59 Å². The molecule has 0 unspecified atom stereocenters. The first-order valence-electron chi connectivity index (χ1n) is 8.91. The molecule has 0 spiro atoms. The predicted octanol–water partition coefficient (Wildman–Crippen LogP) is 2.07. The number of nitrogens with one attached hydrogen (secondary N) is 2. The Labute approximate surface area is 162 Å². The number of carbonyl (C=O) groups excluding carboxylic acids is 2. The molecule has 2 N–H and O–H groups in total. The van der Waals surface area contributed by atoms with Gasteiger partial charge < -0.3 is 29.6 Å². The number of fused-ring (bicyclic) bond motifs is 2. The largest absolute Gasteiger partial charge is 0.488 e. The summed E-state index contributed by atoms with van der Waals surface area (Å²) >= 11 is 0. The first kappa shape index (κ1) is 19.7. The highest BCUT2D eigenvalue weighted by Crippen LogP contribution is 2.25. The van der Waals surface area contributed by atoms with Crippen molar-refractivity contribution in [3.05, 3.63) is 48.5 Å². The Kier molecular flexibility index (Phi) is 7.22. The lowest BCUT2D eigenvalue weighted by Crippen LogP contribution is -2.23. The molecule has 8 nitrogen and oxygen atoms in total. The van der Waals surface area contributed by atoms with E-state index < -0.39 is 0 Å². The molecule has 1 heterocycles. The molecule has 148 valence electrons. The van der Waals surface area contributed by atoms with Gasteiger partial charge >= 0.3 is 0 Å². The van der Waals surface area contributed by atoms with Crippen molar-refractivity contribution in [2.45, 2.75) is 0 Å². The van der Waals surface area contributed by atoms with Crippen LogP contribution in [0, 0.1) is 0 Å². The van der Waals surface area contributed by atoms with Crippen molar-refractivity contribution < 1.29 is 28.5 Å². The molecule has 0 saturated carbocycles. The number of rotatable bonds is 0. The molecular weight excluding hydrogens is 364 g/mol. The second-order valence-corrected chi connectivity index (χ2v) is 5.89. The summed E-state index contributed by atoms with van der Waals surface area (Å²) in [6, 6.07) is 14.3. The number of para-hydroxylation sites is 4. The SMILES string of the molecule is O=C1COCCOCC(=O)Nc2ccccc2OCCOc2ccccc2N1. The average Bonchev–Trinajstić information content (AvgIpc) is 2.69. The van der Waals surface area contributed by atoms with Crippen LogP contribution in [0.2, 0.25) is 0 Å². The summed E-state index contributed by atoms with van der Waals surface area (Å²) in [6.45, 7) is 0.654. The Bertz CT molecular complexity index is 743. The van der Waals surface area contributed by atoms with Crippen LogP contribution < -0.4 is 20.1 Å². The highest BCUT2D eigenvalue weighted by atomic mass is 16.5. The van der Waals surface area contributed by atoms with Gasteiger partial charge in [-0.1, -0.05) is 24.3 Å². The van der Waals surface area contributed by atoms with E-state index in [1.807, 2.05) is 12.1 Å². The first-order valence-corrected chi connectivity index (χ1v) is 8.91. The van der Waals surface area contributed by atoms with Gasteiger partial charge in [-0.05, 0) is 24.3 Å². The van der Waals surface area contributed by atoms with Crippen molar-refractivity contribution >= 4 is 23.2 Å². The Morgan fingerprint density at radius 1 is 0.607 bits per heavy atom. The fourth-order valence-corrected chi connectivity index (χ4v) is 2.51. The number of carbonyl (C=O) groups is 2. The molecule has 1 aliphatic rings. The van der Waals surface area contributed by atoms with E-state index in [4.69, 9.17) is 18.9 Å². The number of benzene rings is 2. The first-order chi connectivity index (χ1) is 13.7. The minimum atomic E-state index is -0.305. The maximum atomic E-state index is 12.0. The zero-order valence-electron chi connectivity index (χ0n) is 15.3. The van der Waals surface area contributed by atoms with Gasteiger partial charge in [0.15, 0.2) is 0 Å². The van der Waals surface area contributed by atoms with Crippen molar-refractivity contribution in [2.75, 3.05) is 50.3 Å². The van der Waals surface area contributed by atoms with E-state index in [-0.39, 0.29) is 51.5 Å². The lowest BCUT2D eigenvalue weighted by Gasteiger charge is -2.15. The van der Waals surface area contributed by atoms with Crippen molar-refractivity contribution in [1.82, 2.24) is 0 Å². The van der Waals surface area contributed by atoms with Crippen molar-refractivity contribution in [1.29, 1.82) is 0 Å². The fourth-order valence-electron chi connectivity index (χ4n) is 2.51. The second kappa shape index (κ2) is 10.3. The summed E-state index contributed by atoms with van der Waals surface area (Å²) < 4.78 is 22.0. The van der Waals surface area contributed by atoms with Crippen LogP contribution in [0.5, 0.6) is 11.5 Å². The summed E-state index contributed by atoms with van der Waals surface area (Å²) in [5.74, 6) is 0.455. The minimum Gasteiger partial charge on any atom is -0.488 e. The number of hydrogen-bond donors (Lipinski definition) is 2. The van der Waals surface area contributed by atoms with E-state index >= 15 is 0 Å². The van der Waals surface area contributed by atoms with Crippen molar-refractivity contribution in [3.8, 4) is 11.5 Å². The van der Waals surface area contributed by atoms with E-state index in [0.717, 1.165) is 0 Å². The maximum absolute atomic E-state index is 12.0. The molecule has 0 aliphatic carbocycles. The Hall–Kier alpha value is -3.10. The number of hydrogen-bond acceptors (Lipinski definition) is 6. The number of amides is 2. The number of anilines is 2. The van der Waals surface area contributed by atoms with Crippen LogP contribution in [0.1, 0.15) is 0 Å². The highest BCUT2D eigenvalue weighted by molar-refractivity contribution is 5.93. The second-order valence-electron chi connectivity index (χ2n) is 5.89. The van der Waals surface area contributed by atoms with Gasteiger partial charge in [-0.2, -0.15) is 0 Å². The maximum Gasteiger partial charge on any atom is 0.250 e. The summed E-state index contributed by atoms with van der Waals surface area (Å²) in [5.41, 5.74) is 1.11. The van der Waals surface area contributed by atoms with E-state index in [9.17, 15) is 9.59 Å². The molecule has 0 bridgehead atoms. The third kappa shape index (κ3) is 5.97. The third-order valence-electron chi connectivity index (χ3n) is 3.76. The van der Waals surface area contributed by atoms with Gasteiger partial charge in [0.05, 0.1) is 24.6 Å². The van der Waals surface area contributed by atoms with Crippen LogP contribution in [0.25, 0.3) is 0 Å². The molecule has 2 amide bonds. The summed E-state index contributed by atoms with van der Waals surface area (Å²) in [4.78, 5) is 24.0. The van der Waals surface area contributed by atoms with Crippen LogP contribution in [-0.4, -0.2) is 51.5 Å². The third-order valence-corrected chi connectivity index (χ3v) is 3.76. The molecule has 1 aliphatic heterocycles. The lowest BCUT2D eigenvalue weighted by atomic mass is 10.3. The van der Waals surface area contributed by atoms with Gasteiger partial charge in [0.1, 0.15) is 37.9 Å². The molecule has 0 saturated heterocycles. The zero-order valence-corrected chi connectivity index (χ0v) is 15.3. The molecule has 0 radical (unpaired) electrons. The van der Waals surface area contributed by atoms with Gasteiger partial charge in [0.2, 0.25) is 11.8 Å². The molecule has 0 fully saturated rings. The molecule has 8 heteroatoms. The smallest absolute Gasteiger partial charge is 0.250 e. The zero-order chi connectivity index (χ0) is 19.6. The predicted molar refractivity (Wildman–Crippen MR) is 103 cm³/mol. The van der Waals surface area contributed by atoms with Gasteiger partial charge in [0, 0.05) is 0 Å². The lowest BCUT2D eigenvalue weighted by molar-refractivity contribution is -0.124. The summed E-state index contributed by atoms with van der Waals surface area (Å²) in [6.07, 6.45) is 0. The van der Waals surface area contributed by atoms with Crippen LogP contribution >= 0.6 is 0 Å². The van der Waals surface area contributed by atoms with Crippen molar-refractivity contribution in [2.24, 2.45) is 0 Å². The Morgan fingerprint density at radius 2 is 1.04 bits per heavy atom. The van der Waals surface area contributed by atoms with Crippen LogP contribution in [0.4, 0.5) is 11.4 Å². The van der Waals surface area contributed by atoms with E-state index in [1.165, 1.54) is 0 Å². The quantitative estimate of drug-likeness (QED) is 0.720. The van der Waals surface area contributed by atoms with Crippen LogP contribution in [0.3, 0.4) is 0 Å². The van der Waals surface area contributed by atoms with Gasteiger partial charge in [-0.15, -0.1) is 0 Å². The standard InChI is InChI=1S/C20H22N2O6/c23-19-13-25-9-10-26-14-20(24)22-16-6-2-4-8-18(16)28-12-11-27-17-7-3-1-5-15(17)21-19/h1-8H,9-14H2,(H,21,23)(H,22,24). The Balaban J connectivity index is 1.70. The van der Waals surface area contributed by atoms with Crippen LogP contribution in [-0.2, 0) is 19.1 Å². The molecule has 2 aromatic carbocycles. The normalized spacial score (nSPS) is 16.7. The molecule has 0 atom stereocenters. The molecular formula is C20H22N2O6. The molecule has 28 heavy (non-hydrogen) atoms. The summed E-state index contributed by atoms with van der Waals surface area (Å²) in [7, 11) is 0. The molecule has 2 aromatic rings. The molecule has 3 rings (SSSR count). The minimum absolute atomic E-state index is 0.125. The average molecular weight is 386 g/mol. The van der Waals surface area contributed by atoms with Gasteiger partial charge in [0.25, 0.3) is 0 Å². The molecule has 0 aromatic heterocycles. The van der Waals surface area contributed by atoms with E-state index in [0.29, 0.717) is 22.9 Å². The van der Waals surface area contributed by atoms with E-state index in [1.54, 1.807) is 36.4 Å². The fraction of sp³-hybridized carbons (Fsp3) is 0.300. The van der Waals surface area contributed by atoms with Crippen LogP contribution in [0.15, 0.2) is 48.5 Å². The van der Waals surface area contributed by atoms with Crippen molar-refractivity contribution in [3.63, 3.8) is 0 Å². The monoisotopic (exact) mass is 386 g/mol. The van der Waals surface area contributed by atoms with Gasteiger partial charge in [-0.25, -0.2) is 0 Å². The van der Waals surface area contributed by atoms with E-state index in [2.05, 4.69) is 10.6 Å². The number of ether oxygens (including phenoxy) is 4. The Morgan fingerprint density at radius 3 is 1.50 bits per heavy atom.